The highest BCUT2D eigenvalue weighted by Gasteiger charge is 2.23. The van der Waals surface area contributed by atoms with Crippen LogP contribution in [-0.4, -0.2) is 16.7 Å². The summed E-state index contributed by atoms with van der Waals surface area (Å²) in [7, 11) is 1.73. The van der Waals surface area contributed by atoms with Crippen molar-refractivity contribution in [3.8, 4) is 5.75 Å². The number of benzene rings is 1. The summed E-state index contributed by atoms with van der Waals surface area (Å²) in [6, 6.07) is 8.98. The smallest absolute Gasteiger partial charge is 0.120 e. The molecule has 0 saturated heterocycles. The van der Waals surface area contributed by atoms with Crippen LogP contribution in [0.3, 0.4) is 0 Å². The average molecular weight is 324 g/mol. The van der Waals surface area contributed by atoms with E-state index in [1.807, 2.05) is 6.20 Å². The Morgan fingerprint density at radius 2 is 1.83 bits per heavy atom. The van der Waals surface area contributed by atoms with Gasteiger partial charge in [-0.3, -0.25) is 4.98 Å². The van der Waals surface area contributed by atoms with Crippen molar-refractivity contribution in [3.63, 3.8) is 0 Å². The Bertz CT molecular complexity index is 861. The minimum atomic E-state index is 0.444. The molecule has 0 saturated carbocycles. The van der Waals surface area contributed by atoms with Crippen LogP contribution in [0.25, 0.3) is 21.8 Å². The third-order valence-electron chi connectivity index (χ3n) is 4.92. The monoisotopic (exact) mass is 324 g/mol. The molecule has 2 heterocycles. The number of pyridine rings is 1. The zero-order chi connectivity index (χ0) is 17.4. The summed E-state index contributed by atoms with van der Waals surface area (Å²) < 4.78 is 8.01. The van der Waals surface area contributed by atoms with Crippen LogP contribution >= 0.6 is 0 Å². The third kappa shape index (κ3) is 2.77. The van der Waals surface area contributed by atoms with Crippen molar-refractivity contribution >= 4 is 21.8 Å². The SMILES string of the molecule is COc1ccc2c3ccnc(C)c3n(C(CC(C)C)C(C)C)c2c1. The predicted octanol–water partition coefficient (Wildman–Crippen LogP) is 5.75. The fourth-order valence-electron chi connectivity index (χ4n) is 3.77. The average Bonchev–Trinajstić information content (AvgIpc) is 2.87. The first kappa shape index (κ1) is 16.8. The van der Waals surface area contributed by atoms with E-state index >= 15 is 0 Å². The maximum atomic E-state index is 5.50. The molecule has 0 fully saturated rings. The van der Waals surface area contributed by atoms with Crippen molar-refractivity contribution < 1.29 is 4.74 Å². The Hall–Kier alpha value is -2.03. The van der Waals surface area contributed by atoms with Gasteiger partial charge < -0.3 is 9.30 Å². The summed E-state index contributed by atoms with van der Waals surface area (Å²) in [6.07, 6.45) is 3.07. The molecule has 0 N–H and O–H groups in total. The Labute approximate surface area is 144 Å². The van der Waals surface area contributed by atoms with Gasteiger partial charge in [0.15, 0.2) is 0 Å². The Kier molecular flexibility index (Phi) is 4.53. The molecule has 3 heteroatoms. The quantitative estimate of drug-likeness (QED) is 0.597. The fraction of sp³-hybridized carbons (Fsp3) is 0.476. The van der Waals surface area contributed by atoms with Crippen LogP contribution in [0.4, 0.5) is 0 Å². The van der Waals surface area contributed by atoms with E-state index in [0.717, 1.165) is 17.9 Å². The molecule has 3 rings (SSSR count). The molecule has 0 aliphatic heterocycles. The van der Waals surface area contributed by atoms with Gasteiger partial charge >= 0.3 is 0 Å². The van der Waals surface area contributed by atoms with Crippen LogP contribution in [0, 0.1) is 18.8 Å². The van der Waals surface area contributed by atoms with E-state index in [0.29, 0.717) is 17.9 Å². The lowest BCUT2D eigenvalue weighted by atomic mass is 9.94. The maximum Gasteiger partial charge on any atom is 0.120 e. The van der Waals surface area contributed by atoms with Gasteiger partial charge in [0.25, 0.3) is 0 Å². The number of ether oxygens (including phenoxy) is 1. The van der Waals surface area contributed by atoms with Crippen molar-refractivity contribution in [3.05, 3.63) is 36.2 Å². The summed E-state index contributed by atoms with van der Waals surface area (Å²) in [5, 5.41) is 2.57. The molecule has 3 aromatic rings. The number of hydrogen-bond acceptors (Lipinski definition) is 2. The van der Waals surface area contributed by atoms with Crippen LogP contribution in [0.2, 0.25) is 0 Å². The topological polar surface area (TPSA) is 27.1 Å². The van der Waals surface area contributed by atoms with Gasteiger partial charge in [-0.1, -0.05) is 27.7 Å². The third-order valence-corrected chi connectivity index (χ3v) is 4.92. The Morgan fingerprint density at radius 1 is 1.08 bits per heavy atom. The van der Waals surface area contributed by atoms with Crippen molar-refractivity contribution in [2.75, 3.05) is 7.11 Å². The molecule has 1 unspecified atom stereocenters. The number of aromatic nitrogens is 2. The summed E-state index contributed by atoms with van der Waals surface area (Å²) in [4.78, 5) is 4.57. The number of nitrogens with zero attached hydrogens (tertiary/aromatic N) is 2. The van der Waals surface area contributed by atoms with Crippen molar-refractivity contribution in [1.29, 1.82) is 0 Å². The first-order chi connectivity index (χ1) is 11.4. The first-order valence-electron chi connectivity index (χ1n) is 8.87. The molecule has 1 aromatic carbocycles. The van der Waals surface area contributed by atoms with Crippen LogP contribution in [0.5, 0.6) is 5.75 Å². The fourth-order valence-corrected chi connectivity index (χ4v) is 3.77. The van der Waals surface area contributed by atoms with E-state index in [9.17, 15) is 0 Å². The van der Waals surface area contributed by atoms with Gasteiger partial charge in [0.1, 0.15) is 5.75 Å². The molecule has 0 radical (unpaired) electrons. The van der Waals surface area contributed by atoms with Crippen molar-refractivity contribution in [2.24, 2.45) is 11.8 Å². The number of fused-ring (bicyclic) bond motifs is 3. The molecule has 0 amide bonds. The van der Waals surface area contributed by atoms with Gasteiger partial charge in [0.05, 0.1) is 23.8 Å². The maximum absolute atomic E-state index is 5.50. The molecular weight excluding hydrogens is 296 g/mol. The van der Waals surface area contributed by atoms with Crippen LogP contribution in [0.15, 0.2) is 30.5 Å². The molecule has 3 nitrogen and oxygen atoms in total. The van der Waals surface area contributed by atoms with Gasteiger partial charge in [-0.2, -0.15) is 0 Å². The summed E-state index contributed by atoms with van der Waals surface area (Å²) in [5.74, 6) is 2.11. The highest BCUT2D eigenvalue weighted by Crippen LogP contribution is 2.38. The number of hydrogen-bond donors (Lipinski definition) is 0. The lowest BCUT2D eigenvalue weighted by Gasteiger charge is -2.27. The molecule has 1 atom stereocenters. The van der Waals surface area contributed by atoms with E-state index in [4.69, 9.17) is 4.74 Å². The predicted molar refractivity (Wildman–Crippen MR) is 102 cm³/mol. The normalized spacial score (nSPS) is 13.3. The van der Waals surface area contributed by atoms with E-state index in [-0.39, 0.29) is 0 Å². The van der Waals surface area contributed by atoms with Crippen molar-refractivity contribution in [2.45, 2.75) is 47.1 Å². The van der Waals surface area contributed by atoms with Crippen molar-refractivity contribution in [1.82, 2.24) is 9.55 Å². The molecule has 2 aromatic heterocycles. The lowest BCUT2D eigenvalue weighted by Crippen LogP contribution is -2.17. The minimum Gasteiger partial charge on any atom is -0.497 e. The molecule has 0 aliphatic rings. The van der Waals surface area contributed by atoms with Gasteiger partial charge in [0.2, 0.25) is 0 Å². The zero-order valence-electron chi connectivity index (χ0n) is 15.6. The standard InChI is InChI=1S/C21H28N2O/c1-13(2)11-19(14(3)4)23-20-12-16(24-6)7-8-17(20)18-9-10-22-15(5)21(18)23/h7-10,12-14,19H,11H2,1-6H3. The molecular formula is C21H28N2O. The molecule has 24 heavy (non-hydrogen) atoms. The highest BCUT2D eigenvalue weighted by molar-refractivity contribution is 6.09. The number of methoxy groups -OCH3 is 1. The van der Waals surface area contributed by atoms with E-state index in [1.54, 1.807) is 7.11 Å². The van der Waals surface area contributed by atoms with Crippen LogP contribution in [-0.2, 0) is 0 Å². The number of rotatable bonds is 5. The first-order valence-corrected chi connectivity index (χ1v) is 8.87. The Morgan fingerprint density at radius 3 is 2.46 bits per heavy atom. The molecule has 0 spiro atoms. The second-order valence-corrected chi connectivity index (χ2v) is 7.49. The minimum absolute atomic E-state index is 0.444. The summed E-state index contributed by atoms with van der Waals surface area (Å²) in [5.41, 5.74) is 3.61. The van der Waals surface area contributed by atoms with Gasteiger partial charge in [-0.25, -0.2) is 0 Å². The second-order valence-electron chi connectivity index (χ2n) is 7.49. The summed E-state index contributed by atoms with van der Waals surface area (Å²) >= 11 is 0. The van der Waals surface area contributed by atoms with E-state index in [1.165, 1.54) is 21.8 Å². The van der Waals surface area contributed by atoms with Gasteiger partial charge in [-0.15, -0.1) is 0 Å². The molecule has 0 aliphatic carbocycles. The number of aryl methyl sites for hydroxylation is 1. The second kappa shape index (κ2) is 6.46. The van der Waals surface area contributed by atoms with Crippen LogP contribution < -0.4 is 4.74 Å². The summed E-state index contributed by atoms with van der Waals surface area (Å²) in [6.45, 7) is 11.3. The largest absolute Gasteiger partial charge is 0.497 e. The lowest BCUT2D eigenvalue weighted by molar-refractivity contribution is 0.327. The zero-order valence-corrected chi connectivity index (χ0v) is 15.6. The van der Waals surface area contributed by atoms with E-state index < -0.39 is 0 Å². The van der Waals surface area contributed by atoms with Crippen LogP contribution in [0.1, 0.15) is 45.9 Å². The highest BCUT2D eigenvalue weighted by atomic mass is 16.5. The molecule has 0 bridgehead atoms. The van der Waals surface area contributed by atoms with E-state index in [2.05, 4.69) is 68.4 Å². The molecule has 128 valence electrons. The van der Waals surface area contributed by atoms with Gasteiger partial charge in [0, 0.05) is 29.1 Å². The van der Waals surface area contributed by atoms with Gasteiger partial charge in [-0.05, 0) is 43.4 Å². The Balaban J connectivity index is 2.40.